The number of carbonyl (C=O) groups excluding carboxylic acids is 2. The standard InChI is InChI=1S/C43H82NO3.H2O4S/c1-4-6-8-10-12-14-16-18-20-22-24-26-28-30-32-34-42(46)36-38-44(3,40-41-45)39-37-43(47)35-33-31-29-27-25-23-21-19-17-15-13-11-9-7-5-2;1-5(2,3)4/h18-21,45H,4-17,22-41H2,1-3H3;(H2,1,2,3,4)/q+1;/b20-18-,21-19?;. The van der Waals surface area contributed by atoms with Crippen LogP contribution < -0.4 is 0 Å². The number of likely N-dealkylation sites (N-methyl/N-ethyl adjacent to an activating group) is 1. The van der Waals surface area contributed by atoms with E-state index in [9.17, 15) is 14.7 Å². The van der Waals surface area contributed by atoms with Gasteiger partial charge in [-0.3, -0.25) is 18.7 Å². The first-order chi connectivity index (χ1) is 25.0. The molecule has 3 N–H and O–H groups in total. The van der Waals surface area contributed by atoms with Crippen molar-refractivity contribution in [2.45, 2.75) is 206 Å². The highest BCUT2D eigenvalue weighted by atomic mass is 32.3. The molecular formula is C43H84NO7S+. The SMILES string of the molecule is CCCCCCCCC=CCCCCCCCC(=O)CC[N+](C)(CCO)CCC(=O)CCCCCCC/C=C\CCCCCCCC.O=S(=O)(O)O. The van der Waals surface area contributed by atoms with Crippen LogP contribution in [0.1, 0.15) is 206 Å². The summed E-state index contributed by atoms with van der Waals surface area (Å²) in [6.45, 7) is 6.71. The van der Waals surface area contributed by atoms with Gasteiger partial charge in [-0.15, -0.1) is 0 Å². The van der Waals surface area contributed by atoms with Crippen LogP contribution in [0, 0.1) is 0 Å². The summed E-state index contributed by atoms with van der Waals surface area (Å²) in [5.74, 6) is 0.675. The van der Waals surface area contributed by atoms with Crippen molar-refractivity contribution in [1.82, 2.24) is 0 Å². The smallest absolute Gasteiger partial charge is 0.391 e. The maximum Gasteiger partial charge on any atom is 0.394 e. The van der Waals surface area contributed by atoms with E-state index in [1.807, 2.05) is 0 Å². The van der Waals surface area contributed by atoms with Gasteiger partial charge >= 0.3 is 10.4 Å². The monoisotopic (exact) mass is 759 g/mol. The van der Waals surface area contributed by atoms with Gasteiger partial charge in [0.1, 0.15) is 18.1 Å². The minimum Gasteiger partial charge on any atom is -0.391 e. The molecule has 0 saturated carbocycles. The van der Waals surface area contributed by atoms with Crippen molar-refractivity contribution in [1.29, 1.82) is 0 Å². The molecule has 0 aromatic heterocycles. The lowest BCUT2D eigenvalue weighted by atomic mass is 10.0. The van der Waals surface area contributed by atoms with Crippen molar-refractivity contribution >= 4 is 22.0 Å². The molecule has 0 fully saturated rings. The lowest BCUT2D eigenvalue weighted by molar-refractivity contribution is -0.908. The van der Waals surface area contributed by atoms with Gasteiger partial charge < -0.3 is 9.59 Å². The van der Waals surface area contributed by atoms with Crippen LogP contribution in [0.5, 0.6) is 0 Å². The Kier molecular flexibility index (Phi) is 39.8. The number of nitrogens with zero attached hydrogens (tertiary/aromatic N) is 1. The van der Waals surface area contributed by atoms with Gasteiger partial charge in [0.05, 0.1) is 39.6 Å². The number of aliphatic hydroxyl groups is 1. The molecule has 0 spiro atoms. The minimum absolute atomic E-state index is 0.0986. The molecule has 0 bridgehead atoms. The summed E-state index contributed by atoms with van der Waals surface area (Å²) >= 11 is 0. The van der Waals surface area contributed by atoms with E-state index in [1.54, 1.807) is 0 Å². The lowest BCUT2D eigenvalue weighted by Gasteiger charge is -2.33. The molecule has 0 aromatic rings. The van der Waals surface area contributed by atoms with E-state index in [4.69, 9.17) is 17.5 Å². The van der Waals surface area contributed by atoms with Crippen LogP contribution in [0.15, 0.2) is 24.3 Å². The third kappa shape index (κ3) is 46.6. The summed E-state index contributed by atoms with van der Waals surface area (Å²) in [5.41, 5.74) is 0. The van der Waals surface area contributed by atoms with Crippen LogP contribution in [0.25, 0.3) is 0 Å². The summed E-state index contributed by atoms with van der Waals surface area (Å²) in [7, 11) is -2.57. The van der Waals surface area contributed by atoms with Gasteiger partial charge in [-0.1, -0.05) is 141 Å². The normalized spacial score (nSPS) is 13.0. The van der Waals surface area contributed by atoms with Gasteiger partial charge in [-0.2, -0.15) is 8.42 Å². The molecule has 0 aliphatic carbocycles. The maximum absolute atomic E-state index is 12.6. The van der Waals surface area contributed by atoms with Crippen LogP contribution in [0.2, 0.25) is 0 Å². The fraction of sp³-hybridized carbons (Fsp3) is 0.860. The van der Waals surface area contributed by atoms with Gasteiger partial charge in [0.25, 0.3) is 0 Å². The molecule has 0 amide bonds. The van der Waals surface area contributed by atoms with Gasteiger partial charge in [-0.25, -0.2) is 0 Å². The number of unbranched alkanes of at least 4 members (excludes halogenated alkanes) is 22. The van der Waals surface area contributed by atoms with E-state index < -0.39 is 10.4 Å². The molecule has 308 valence electrons. The van der Waals surface area contributed by atoms with Crippen LogP contribution in [0.3, 0.4) is 0 Å². The van der Waals surface area contributed by atoms with Gasteiger partial charge in [-0.05, 0) is 64.2 Å². The first-order valence-corrected chi connectivity index (χ1v) is 22.8. The Hall–Kier alpha value is -1.39. The van der Waals surface area contributed by atoms with Crippen molar-refractivity contribution in [2.75, 3.05) is 33.3 Å². The van der Waals surface area contributed by atoms with E-state index in [2.05, 4.69) is 45.2 Å². The van der Waals surface area contributed by atoms with E-state index in [0.717, 1.165) is 38.8 Å². The van der Waals surface area contributed by atoms with Gasteiger partial charge in [0.15, 0.2) is 0 Å². The van der Waals surface area contributed by atoms with Crippen LogP contribution >= 0.6 is 0 Å². The Balaban J connectivity index is 0. The summed E-state index contributed by atoms with van der Waals surface area (Å²) in [4.78, 5) is 25.2. The van der Waals surface area contributed by atoms with Crippen molar-refractivity contribution < 1.29 is 36.7 Å². The first kappa shape index (κ1) is 52.7. The predicted octanol–water partition coefficient (Wildman–Crippen LogP) is 11.8. The fourth-order valence-corrected chi connectivity index (χ4v) is 6.40. The van der Waals surface area contributed by atoms with E-state index in [-0.39, 0.29) is 6.61 Å². The fourth-order valence-electron chi connectivity index (χ4n) is 6.40. The third-order valence-corrected chi connectivity index (χ3v) is 9.94. The van der Waals surface area contributed by atoms with Gasteiger partial charge in [0, 0.05) is 12.8 Å². The predicted molar refractivity (Wildman–Crippen MR) is 220 cm³/mol. The highest BCUT2D eigenvalue weighted by Gasteiger charge is 2.23. The molecule has 0 saturated heterocycles. The molecule has 0 aliphatic rings. The number of quaternary nitrogens is 1. The van der Waals surface area contributed by atoms with Crippen molar-refractivity contribution in [2.24, 2.45) is 0 Å². The second-order valence-electron chi connectivity index (χ2n) is 15.2. The zero-order valence-corrected chi connectivity index (χ0v) is 35.0. The zero-order valence-electron chi connectivity index (χ0n) is 34.2. The zero-order chi connectivity index (χ0) is 39.0. The number of hydrogen-bond donors (Lipinski definition) is 3. The number of aliphatic hydroxyl groups excluding tert-OH is 1. The van der Waals surface area contributed by atoms with Crippen molar-refractivity contribution in [3.05, 3.63) is 24.3 Å². The number of hydrogen-bond acceptors (Lipinski definition) is 5. The Morgan fingerprint density at radius 1 is 0.462 bits per heavy atom. The molecule has 0 heterocycles. The minimum atomic E-state index is -4.67. The molecule has 8 nitrogen and oxygen atoms in total. The Bertz CT molecular complexity index is 901. The number of Topliss-reactive ketones (excluding diaryl/α,β-unsaturated/α-hetero) is 2. The summed E-state index contributed by atoms with van der Waals surface area (Å²) < 4.78 is 32.2. The molecule has 0 radical (unpaired) electrons. The number of ketones is 2. The highest BCUT2D eigenvalue weighted by Crippen LogP contribution is 2.14. The summed E-state index contributed by atoms with van der Waals surface area (Å²) in [5, 5.41) is 9.64. The molecule has 0 rings (SSSR count). The summed E-state index contributed by atoms with van der Waals surface area (Å²) in [6, 6.07) is 0. The lowest BCUT2D eigenvalue weighted by Crippen LogP contribution is -2.48. The molecule has 1 unspecified atom stereocenters. The van der Waals surface area contributed by atoms with E-state index >= 15 is 0 Å². The molecule has 1 atom stereocenters. The maximum atomic E-state index is 12.6. The number of rotatable bonds is 38. The molecule has 0 aliphatic heterocycles. The van der Waals surface area contributed by atoms with E-state index in [1.165, 1.54) is 141 Å². The van der Waals surface area contributed by atoms with Crippen molar-refractivity contribution in [3.8, 4) is 0 Å². The second-order valence-corrected chi connectivity index (χ2v) is 16.1. The average molecular weight is 759 g/mol. The Morgan fingerprint density at radius 3 is 1.02 bits per heavy atom. The summed E-state index contributed by atoms with van der Waals surface area (Å²) in [6.07, 6.45) is 44.9. The average Bonchev–Trinajstić information content (AvgIpc) is 3.09. The molecular weight excluding hydrogens is 675 g/mol. The third-order valence-electron chi connectivity index (χ3n) is 9.94. The molecule has 52 heavy (non-hydrogen) atoms. The number of allylic oxidation sites excluding steroid dienone is 4. The van der Waals surface area contributed by atoms with Crippen LogP contribution in [-0.4, -0.2) is 72.0 Å². The first-order valence-electron chi connectivity index (χ1n) is 21.4. The topological polar surface area (TPSA) is 129 Å². The van der Waals surface area contributed by atoms with Crippen molar-refractivity contribution in [3.63, 3.8) is 0 Å². The Morgan fingerprint density at radius 2 is 0.731 bits per heavy atom. The second kappa shape index (κ2) is 39.3. The van der Waals surface area contributed by atoms with Crippen LogP contribution in [-0.2, 0) is 20.0 Å². The van der Waals surface area contributed by atoms with Crippen LogP contribution in [0.4, 0.5) is 0 Å². The molecule has 0 aromatic carbocycles. The van der Waals surface area contributed by atoms with E-state index in [0.29, 0.717) is 48.3 Å². The quantitative estimate of drug-likeness (QED) is 0.0247. The van der Waals surface area contributed by atoms with Gasteiger partial charge in [0.2, 0.25) is 0 Å². The number of carbonyl (C=O) groups is 2. The Labute approximate surface area is 321 Å². The molecule has 9 heteroatoms. The highest BCUT2D eigenvalue weighted by molar-refractivity contribution is 7.79. The largest absolute Gasteiger partial charge is 0.394 e.